The summed E-state index contributed by atoms with van der Waals surface area (Å²) in [6.07, 6.45) is 3.93. The van der Waals surface area contributed by atoms with E-state index in [2.05, 4.69) is 20.8 Å². The third kappa shape index (κ3) is 6.00. The molecule has 0 saturated heterocycles. The zero-order chi connectivity index (χ0) is 5.70. The van der Waals surface area contributed by atoms with Crippen molar-refractivity contribution in [1.29, 1.82) is 0 Å². The molecular weight excluding hydrogens is 84.1 g/mol. The van der Waals surface area contributed by atoms with Crippen molar-refractivity contribution in [2.45, 2.75) is 33.1 Å². The van der Waals surface area contributed by atoms with Crippen molar-refractivity contribution >= 4 is 0 Å². The molecule has 0 heterocycles. The predicted octanol–water partition coefficient (Wildman–Crippen LogP) is 2.65. The first-order chi connectivity index (χ1) is 3.27. The summed E-state index contributed by atoms with van der Waals surface area (Å²) in [6, 6.07) is 0. The van der Waals surface area contributed by atoms with Crippen LogP contribution in [-0.2, 0) is 0 Å². The normalized spacial score (nSPS) is 10.3. The molecule has 0 heteroatoms. The highest BCUT2D eigenvalue weighted by Crippen LogP contribution is 2.03. The fraction of sp³-hybridized carbons (Fsp3) is 0.857. The second-order valence-electron chi connectivity index (χ2n) is 2.25. The molecule has 0 amide bonds. The van der Waals surface area contributed by atoms with E-state index in [4.69, 9.17) is 0 Å². The Morgan fingerprint density at radius 2 is 2.14 bits per heavy atom. The van der Waals surface area contributed by atoms with Gasteiger partial charge >= 0.3 is 0 Å². The summed E-state index contributed by atoms with van der Waals surface area (Å²) in [5, 5.41) is 0. The van der Waals surface area contributed by atoms with Crippen LogP contribution in [0.25, 0.3) is 0 Å². The monoisotopic (exact) mass is 99.1 g/mol. The highest BCUT2D eigenvalue weighted by Gasteiger charge is 1.88. The van der Waals surface area contributed by atoms with Crippen LogP contribution in [0, 0.1) is 12.8 Å². The molecule has 0 nitrogen and oxygen atoms in total. The average molecular weight is 99.2 g/mol. The smallest absolute Gasteiger partial charge is 0.0443 e. The molecule has 0 aromatic carbocycles. The number of rotatable bonds is 3. The Labute approximate surface area is 46.9 Å². The zero-order valence-electron chi connectivity index (χ0n) is 5.41. The van der Waals surface area contributed by atoms with Gasteiger partial charge in [0.25, 0.3) is 0 Å². The third-order valence-electron chi connectivity index (χ3n) is 1.05. The Kier molecular flexibility index (Phi) is 4.17. The van der Waals surface area contributed by atoms with Crippen LogP contribution in [0.15, 0.2) is 0 Å². The summed E-state index contributed by atoms with van der Waals surface area (Å²) in [7, 11) is 0. The van der Waals surface area contributed by atoms with Crippen LogP contribution in [0.1, 0.15) is 33.1 Å². The van der Waals surface area contributed by atoms with Gasteiger partial charge in [0.1, 0.15) is 0 Å². The van der Waals surface area contributed by atoms with E-state index in [9.17, 15) is 0 Å². The van der Waals surface area contributed by atoms with Gasteiger partial charge in [-0.3, -0.25) is 0 Å². The molecular formula is C7H15. The van der Waals surface area contributed by atoms with Crippen molar-refractivity contribution in [3.63, 3.8) is 0 Å². The largest absolute Gasteiger partial charge is 0.0654 e. The molecule has 0 aliphatic heterocycles. The molecule has 0 fully saturated rings. The molecule has 0 spiro atoms. The van der Waals surface area contributed by atoms with Crippen LogP contribution in [0.4, 0.5) is 0 Å². The maximum absolute atomic E-state index is 3.88. The molecule has 0 aromatic rings. The lowest BCUT2D eigenvalue weighted by atomic mass is 10.1. The van der Waals surface area contributed by atoms with Crippen LogP contribution in [0.2, 0.25) is 0 Å². The molecule has 0 N–H and O–H groups in total. The van der Waals surface area contributed by atoms with Crippen molar-refractivity contribution in [2.24, 2.45) is 5.92 Å². The highest BCUT2D eigenvalue weighted by atomic mass is 13.9. The lowest BCUT2D eigenvalue weighted by Crippen LogP contribution is -1.84. The molecule has 0 saturated carbocycles. The van der Waals surface area contributed by atoms with E-state index in [1.54, 1.807) is 0 Å². The first-order valence-electron chi connectivity index (χ1n) is 3.10. The summed E-state index contributed by atoms with van der Waals surface area (Å²) in [6.45, 7) is 8.25. The SMILES string of the molecule is [CH2][C@H](C)CCCC. The Morgan fingerprint density at radius 3 is 2.29 bits per heavy atom. The minimum absolute atomic E-state index is 0.653. The van der Waals surface area contributed by atoms with E-state index in [0.29, 0.717) is 5.92 Å². The Bertz CT molecular complexity index is 29.0. The maximum Gasteiger partial charge on any atom is -0.0443 e. The van der Waals surface area contributed by atoms with Gasteiger partial charge in [0.15, 0.2) is 0 Å². The fourth-order valence-electron chi connectivity index (χ4n) is 0.553. The van der Waals surface area contributed by atoms with Crippen LogP contribution in [0.5, 0.6) is 0 Å². The highest BCUT2D eigenvalue weighted by molar-refractivity contribution is 4.51. The summed E-state index contributed by atoms with van der Waals surface area (Å²) >= 11 is 0. The Morgan fingerprint density at radius 1 is 1.57 bits per heavy atom. The fourth-order valence-corrected chi connectivity index (χ4v) is 0.553. The van der Waals surface area contributed by atoms with Gasteiger partial charge in [-0.15, -0.1) is 0 Å². The Hall–Kier alpha value is 0. The van der Waals surface area contributed by atoms with Crippen LogP contribution < -0.4 is 0 Å². The molecule has 0 aromatic heterocycles. The molecule has 0 aliphatic carbocycles. The second-order valence-corrected chi connectivity index (χ2v) is 2.25. The van der Waals surface area contributed by atoms with Gasteiger partial charge in [0.05, 0.1) is 0 Å². The first-order valence-corrected chi connectivity index (χ1v) is 3.10. The summed E-state index contributed by atoms with van der Waals surface area (Å²) in [4.78, 5) is 0. The van der Waals surface area contributed by atoms with E-state index in [-0.39, 0.29) is 0 Å². The lowest BCUT2D eigenvalue weighted by Gasteiger charge is -1.98. The summed E-state index contributed by atoms with van der Waals surface area (Å²) in [5.74, 6) is 0.653. The second kappa shape index (κ2) is 4.17. The number of unbranched alkanes of at least 4 members (excludes halogenated alkanes) is 1. The molecule has 1 atom stereocenters. The molecule has 0 bridgehead atoms. The van der Waals surface area contributed by atoms with Crippen molar-refractivity contribution in [3.05, 3.63) is 6.92 Å². The van der Waals surface area contributed by atoms with Crippen LogP contribution in [-0.4, -0.2) is 0 Å². The van der Waals surface area contributed by atoms with E-state index in [0.717, 1.165) is 0 Å². The van der Waals surface area contributed by atoms with Crippen LogP contribution in [0.3, 0.4) is 0 Å². The molecule has 0 aliphatic rings. The van der Waals surface area contributed by atoms with Crippen molar-refractivity contribution in [1.82, 2.24) is 0 Å². The number of hydrogen-bond acceptors (Lipinski definition) is 0. The van der Waals surface area contributed by atoms with Gasteiger partial charge in [-0.2, -0.15) is 0 Å². The minimum atomic E-state index is 0.653. The first kappa shape index (κ1) is 7.00. The Balaban J connectivity index is 2.68. The lowest BCUT2D eigenvalue weighted by molar-refractivity contribution is 0.595. The van der Waals surface area contributed by atoms with Gasteiger partial charge < -0.3 is 0 Å². The van der Waals surface area contributed by atoms with Gasteiger partial charge in [0, 0.05) is 0 Å². The quantitative estimate of drug-likeness (QED) is 0.510. The average Bonchev–Trinajstić information content (AvgIpc) is 1.61. The van der Waals surface area contributed by atoms with Gasteiger partial charge in [-0.05, 0) is 5.92 Å². The standard InChI is InChI=1S/C7H15/c1-4-5-6-7(2)3/h7H,2,4-6H2,1,3H3/t7-/m1/s1. The van der Waals surface area contributed by atoms with Crippen molar-refractivity contribution < 1.29 is 0 Å². The van der Waals surface area contributed by atoms with Crippen molar-refractivity contribution in [3.8, 4) is 0 Å². The van der Waals surface area contributed by atoms with E-state index in [1.807, 2.05) is 0 Å². The van der Waals surface area contributed by atoms with Crippen LogP contribution >= 0.6 is 0 Å². The molecule has 0 unspecified atom stereocenters. The molecule has 43 valence electrons. The number of hydrogen-bond donors (Lipinski definition) is 0. The van der Waals surface area contributed by atoms with Gasteiger partial charge in [0.2, 0.25) is 0 Å². The van der Waals surface area contributed by atoms with Gasteiger partial charge in [-0.1, -0.05) is 40.0 Å². The molecule has 0 rings (SSSR count). The van der Waals surface area contributed by atoms with E-state index >= 15 is 0 Å². The molecule has 1 radical (unpaired) electrons. The van der Waals surface area contributed by atoms with Gasteiger partial charge in [-0.25, -0.2) is 0 Å². The summed E-state index contributed by atoms with van der Waals surface area (Å²) in [5.41, 5.74) is 0. The maximum atomic E-state index is 3.88. The van der Waals surface area contributed by atoms with E-state index < -0.39 is 0 Å². The minimum Gasteiger partial charge on any atom is -0.0654 e. The van der Waals surface area contributed by atoms with E-state index in [1.165, 1.54) is 19.3 Å². The third-order valence-corrected chi connectivity index (χ3v) is 1.05. The molecule has 7 heavy (non-hydrogen) atoms. The predicted molar refractivity (Wildman–Crippen MR) is 34.0 cm³/mol. The topological polar surface area (TPSA) is 0 Å². The van der Waals surface area contributed by atoms with Crippen molar-refractivity contribution in [2.75, 3.05) is 0 Å². The summed E-state index contributed by atoms with van der Waals surface area (Å²) < 4.78 is 0. The zero-order valence-corrected chi connectivity index (χ0v) is 5.41.